The van der Waals surface area contributed by atoms with Gasteiger partial charge in [-0.1, -0.05) is 18.2 Å². The van der Waals surface area contributed by atoms with Crippen molar-refractivity contribution in [2.75, 3.05) is 0 Å². The van der Waals surface area contributed by atoms with Crippen molar-refractivity contribution in [3.8, 4) is 5.69 Å². The normalized spacial score (nSPS) is 12.0. The molecule has 0 aliphatic heterocycles. The number of primary sulfonamides is 1. The molecule has 0 saturated carbocycles. The molecule has 3 rings (SSSR count). The SMILES string of the molecule is Cc1nn(-c2ccccc2)c(C)c1N=Nc1ccc(S(N)(=O)=O)cc1. The molecule has 8 heteroatoms. The lowest BCUT2D eigenvalue weighted by atomic mass is 10.3. The van der Waals surface area contributed by atoms with Gasteiger partial charge in [0.25, 0.3) is 0 Å². The van der Waals surface area contributed by atoms with Gasteiger partial charge in [-0.3, -0.25) is 0 Å². The number of sulfonamides is 1. The van der Waals surface area contributed by atoms with Gasteiger partial charge in [-0.05, 0) is 50.2 Å². The Bertz CT molecular complexity index is 1020. The zero-order valence-corrected chi connectivity index (χ0v) is 14.6. The van der Waals surface area contributed by atoms with E-state index in [1.807, 2.05) is 48.9 Å². The molecule has 25 heavy (non-hydrogen) atoms. The number of aryl methyl sites for hydroxylation is 1. The summed E-state index contributed by atoms with van der Waals surface area (Å²) in [7, 11) is -3.71. The van der Waals surface area contributed by atoms with Crippen LogP contribution in [0.1, 0.15) is 11.4 Å². The van der Waals surface area contributed by atoms with Gasteiger partial charge in [-0.15, -0.1) is 5.11 Å². The van der Waals surface area contributed by atoms with Crippen LogP contribution in [0.4, 0.5) is 11.4 Å². The van der Waals surface area contributed by atoms with Crippen molar-refractivity contribution >= 4 is 21.4 Å². The molecule has 0 radical (unpaired) electrons. The Morgan fingerprint density at radius 1 is 0.960 bits per heavy atom. The van der Waals surface area contributed by atoms with Crippen LogP contribution >= 0.6 is 0 Å². The van der Waals surface area contributed by atoms with Crippen molar-refractivity contribution in [3.05, 3.63) is 66.0 Å². The van der Waals surface area contributed by atoms with E-state index in [9.17, 15) is 8.42 Å². The summed E-state index contributed by atoms with van der Waals surface area (Å²) in [5, 5.41) is 18.0. The minimum absolute atomic E-state index is 0.0377. The molecule has 0 atom stereocenters. The molecule has 0 fully saturated rings. The summed E-state index contributed by atoms with van der Waals surface area (Å²) >= 11 is 0. The monoisotopic (exact) mass is 355 g/mol. The van der Waals surface area contributed by atoms with Crippen LogP contribution in [0.5, 0.6) is 0 Å². The quantitative estimate of drug-likeness (QED) is 0.724. The van der Waals surface area contributed by atoms with E-state index in [0.717, 1.165) is 17.1 Å². The highest BCUT2D eigenvalue weighted by Gasteiger charge is 2.12. The predicted molar refractivity (Wildman–Crippen MR) is 95.0 cm³/mol. The first-order valence-electron chi connectivity index (χ1n) is 7.52. The third-order valence-corrected chi connectivity index (χ3v) is 4.61. The number of nitrogens with zero attached hydrogens (tertiary/aromatic N) is 4. The molecule has 0 aliphatic carbocycles. The maximum atomic E-state index is 11.3. The average molecular weight is 355 g/mol. The van der Waals surface area contributed by atoms with Gasteiger partial charge >= 0.3 is 0 Å². The molecule has 2 aromatic carbocycles. The number of nitrogens with two attached hydrogens (primary N) is 1. The third-order valence-electron chi connectivity index (χ3n) is 3.68. The van der Waals surface area contributed by atoms with Gasteiger partial charge in [0.1, 0.15) is 5.69 Å². The zero-order chi connectivity index (χ0) is 18.0. The van der Waals surface area contributed by atoms with Gasteiger partial charge in [-0.2, -0.15) is 10.2 Å². The lowest BCUT2D eigenvalue weighted by Crippen LogP contribution is -2.11. The molecule has 2 N–H and O–H groups in total. The van der Waals surface area contributed by atoms with Gasteiger partial charge in [-0.25, -0.2) is 18.2 Å². The molecule has 1 heterocycles. The van der Waals surface area contributed by atoms with Crippen molar-refractivity contribution in [2.45, 2.75) is 18.7 Å². The fourth-order valence-corrected chi connectivity index (χ4v) is 2.93. The van der Waals surface area contributed by atoms with E-state index in [0.29, 0.717) is 11.4 Å². The summed E-state index contributed by atoms with van der Waals surface area (Å²) < 4.78 is 24.3. The summed E-state index contributed by atoms with van der Waals surface area (Å²) in [4.78, 5) is 0.0377. The number of aromatic nitrogens is 2. The van der Waals surface area contributed by atoms with Crippen molar-refractivity contribution < 1.29 is 8.42 Å². The first-order valence-corrected chi connectivity index (χ1v) is 9.07. The second-order valence-corrected chi connectivity index (χ2v) is 7.07. The summed E-state index contributed by atoms with van der Waals surface area (Å²) in [6, 6.07) is 15.7. The number of hydrogen-bond acceptors (Lipinski definition) is 5. The Labute approximate surface area is 145 Å². The summed E-state index contributed by atoms with van der Waals surface area (Å²) in [5.41, 5.74) is 3.78. The molecule has 7 nitrogen and oxygen atoms in total. The van der Waals surface area contributed by atoms with E-state index < -0.39 is 10.0 Å². The first-order chi connectivity index (χ1) is 11.9. The molecule has 3 aromatic rings. The number of benzene rings is 2. The van der Waals surface area contributed by atoms with Crippen molar-refractivity contribution in [1.29, 1.82) is 0 Å². The van der Waals surface area contributed by atoms with Crippen LogP contribution in [-0.4, -0.2) is 18.2 Å². The average Bonchev–Trinajstić information content (AvgIpc) is 2.88. The minimum Gasteiger partial charge on any atom is -0.236 e. The Morgan fingerprint density at radius 3 is 2.20 bits per heavy atom. The third kappa shape index (κ3) is 3.65. The minimum atomic E-state index is -3.71. The van der Waals surface area contributed by atoms with Crippen LogP contribution < -0.4 is 5.14 Å². The molecule has 128 valence electrons. The van der Waals surface area contributed by atoms with Crippen molar-refractivity contribution in [3.63, 3.8) is 0 Å². The van der Waals surface area contributed by atoms with Crippen LogP contribution in [-0.2, 0) is 10.0 Å². The lowest BCUT2D eigenvalue weighted by molar-refractivity contribution is 0.598. The van der Waals surface area contributed by atoms with Crippen LogP contribution in [0.2, 0.25) is 0 Å². The number of para-hydroxylation sites is 1. The second-order valence-electron chi connectivity index (χ2n) is 5.51. The van der Waals surface area contributed by atoms with Crippen LogP contribution in [0.25, 0.3) is 5.69 Å². The van der Waals surface area contributed by atoms with E-state index in [1.54, 1.807) is 12.1 Å². The Kier molecular flexibility index (Phi) is 4.47. The smallest absolute Gasteiger partial charge is 0.236 e. The highest BCUT2D eigenvalue weighted by atomic mass is 32.2. The fraction of sp³-hybridized carbons (Fsp3) is 0.118. The van der Waals surface area contributed by atoms with E-state index in [4.69, 9.17) is 5.14 Å². The Hall–Kier alpha value is -2.84. The van der Waals surface area contributed by atoms with E-state index in [2.05, 4.69) is 15.3 Å². The van der Waals surface area contributed by atoms with Gasteiger partial charge in [0.2, 0.25) is 10.0 Å². The van der Waals surface area contributed by atoms with E-state index in [-0.39, 0.29) is 4.90 Å². The topological polar surface area (TPSA) is 103 Å². The molecule has 0 amide bonds. The van der Waals surface area contributed by atoms with Crippen molar-refractivity contribution in [1.82, 2.24) is 9.78 Å². The molecule has 0 saturated heterocycles. The standard InChI is InChI=1S/C17H17N5O2S/c1-12-17(13(2)22(21-12)15-6-4-3-5-7-15)20-19-14-8-10-16(11-9-14)25(18,23)24/h3-11H,1-2H3,(H2,18,23,24). The van der Waals surface area contributed by atoms with Crippen molar-refractivity contribution in [2.24, 2.45) is 15.4 Å². The molecule has 0 bridgehead atoms. The van der Waals surface area contributed by atoms with E-state index >= 15 is 0 Å². The Morgan fingerprint density at radius 2 is 1.60 bits per heavy atom. The molecular formula is C17H17N5O2S. The number of rotatable bonds is 4. The van der Waals surface area contributed by atoms with Gasteiger partial charge in [0, 0.05) is 0 Å². The highest BCUT2D eigenvalue weighted by Crippen LogP contribution is 2.27. The number of azo groups is 1. The Balaban J connectivity index is 1.91. The maximum Gasteiger partial charge on any atom is 0.238 e. The van der Waals surface area contributed by atoms with Gasteiger partial charge < -0.3 is 0 Å². The molecule has 0 aliphatic rings. The predicted octanol–water partition coefficient (Wildman–Crippen LogP) is 3.55. The lowest BCUT2D eigenvalue weighted by Gasteiger charge is -2.03. The summed E-state index contributed by atoms with van der Waals surface area (Å²) in [5.74, 6) is 0. The zero-order valence-electron chi connectivity index (χ0n) is 13.8. The fourth-order valence-electron chi connectivity index (χ4n) is 2.41. The van der Waals surface area contributed by atoms with Crippen LogP contribution in [0.3, 0.4) is 0 Å². The maximum absolute atomic E-state index is 11.3. The van der Waals surface area contributed by atoms with Gasteiger partial charge in [0.15, 0.2) is 0 Å². The second kappa shape index (κ2) is 6.58. The highest BCUT2D eigenvalue weighted by molar-refractivity contribution is 7.89. The summed E-state index contributed by atoms with van der Waals surface area (Å²) in [6.07, 6.45) is 0. The van der Waals surface area contributed by atoms with Gasteiger partial charge in [0.05, 0.1) is 27.7 Å². The van der Waals surface area contributed by atoms with E-state index in [1.165, 1.54) is 12.1 Å². The van der Waals surface area contributed by atoms with Crippen LogP contribution in [0.15, 0.2) is 69.7 Å². The molecule has 0 unspecified atom stereocenters. The number of hydrogen-bond donors (Lipinski definition) is 1. The first kappa shape index (κ1) is 17.0. The molecule has 0 spiro atoms. The molecular weight excluding hydrogens is 338 g/mol. The molecule has 1 aromatic heterocycles. The van der Waals surface area contributed by atoms with Crippen LogP contribution in [0, 0.1) is 13.8 Å². The summed E-state index contributed by atoms with van der Waals surface area (Å²) in [6.45, 7) is 3.79. The largest absolute Gasteiger partial charge is 0.238 e.